The van der Waals surface area contributed by atoms with Crippen LogP contribution in [0.5, 0.6) is 5.75 Å². The number of hydrogen-bond donors (Lipinski definition) is 0. The predicted molar refractivity (Wildman–Crippen MR) is 63.5 cm³/mol. The molecule has 2 rings (SSSR count). The highest BCUT2D eigenvalue weighted by molar-refractivity contribution is 5.71. The zero-order valence-electron chi connectivity index (χ0n) is 10.9. The van der Waals surface area contributed by atoms with Crippen LogP contribution in [0.4, 0.5) is 35.1 Å². The van der Waals surface area contributed by atoms with E-state index in [1.807, 2.05) is 0 Å². The maximum absolute atomic E-state index is 13.5. The van der Waals surface area contributed by atoms with Crippen LogP contribution < -0.4 is 4.74 Å². The Morgan fingerprint density at radius 1 is 0.783 bits per heavy atom. The number of ether oxygens (including phenoxy) is 1. The number of benzene rings is 2. The van der Waals surface area contributed by atoms with Gasteiger partial charge in [-0.15, -0.1) is 13.2 Å². The predicted octanol–water partition coefficient (Wildman–Crippen LogP) is 5.55. The number of rotatable bonds is 2. The molecular weight excluding hydrogens is 336 g/mol. The smallest absolute Gasteiger partial charge is 0.405 e. The topological polar surface area (TPSA) is 9.23 Å². The fourth-order valence-corrected chi connectivity index (χ4v) is 1.92. The van der Waals surface area contributed by atoms with E-state index in [0.717, 1.165) is 12.1 Å². The van der Waals surface area contributed by atoms with Gasteiger partial charge in [-0.05, 0) is 23.8 Å². The van der Waals surface area contributed by atoms with E-state index in [9.17, 15) is 35.1 Å². The van der Waals surface area contributed by atoms with E-state index in [4.69, 9.17) is 0 Å². The summed E-state index contributed by atoms with van der Waals surface area (Å²) in [4.78, 5) is 0. The molecule has 23 heavy (non-hydrogen) atoms. The number of para-hydroxylation sites is 1. The van der Waals surface area contributed by atoms with Gasteiger partial charge < -0.3 is 4.74 Å². The minimum atomic E-state index is -5.27. The zero-order valence-corrected chi connectivity index (χ0v) is 10.9. The summed E-state index contributed by atoms with van der Waals surface area (Å²) in [7, 11) is 0. The number of halogens is 8. The summed E-state index contributed by atoms with van der Waals surface area (Å²) in [5, 5.41) is 0. The SMILES string of the molecule is Fc1cc(-c2ccccc2OC(F)(F)F)cc(F)c1C(F)(F)F. The largest absolute Gasteiger partial charge is 0.573 e. The number of hydrogen-bond acceptors (Lipinski definition) is 1. The first-order valence-corrected chi connectivity index (χ1v) is 5.90. The molecule has 0 aliphatic heterocycles. The molecule has 0 fully saturated rings. The van der Waals surface area contributed by atoms with Crippen LogP contribution in [0, 0.1) is 11.6 Å². The van der Waals surface area contributed by atoms with Crippen molar-refractivity contribution in [2.75, 3.05) is 0 Å². The average Bonchev–Trinajstić information content (AvgIpc) is 2.34. The van der Waals surface area contributed by atoms with Gasteiger partial charge >= 0.3 is 12.5 Å². The van der Waals surface area contributed by atoms with Gasteiger partial charge in [0.2, 0.25) is 0 Å². The van der Waals surface area contributed by atoms with Gasteiger partial charge in [0.05, 0.1) is 0 Å². The Bertz CT molecular complexity index is 694. The lowest BCUT2D eigenvalue weighted by Crippen LogP contribution is -2.17. The summed E-state index contributed by atoms with van der Waals surface area (Å²) < 4.78 is 105. The van der Waals surface area contributed by atoms with Gasteiger partial charge in [-0.1, -0.05) is 18.2 Å². The van der Waals surface area contributed by atoms with Crippen LogP contribution in [-0.2, 0) is 6.18 Å². The molecule has 0 heterocycles. The molecule has 0 unspecified atom stereocenters. The van der Waals surface area contributed by atoms with E-state index in [1.54, 1.807) is 0 Å². The van der Waals surface area contributed by atoms with Crippen molar-refractivity contribution in [3.63, 3.8) is 0 Å². The highest BCUT2D eigenvalue weighted by Crippen LogP contribution is 2.38. The van der Waals surface area contributed by atoms with E-state index < -0.39 is 46.6 Å². The van der Waals surface area contributed by atoms with Gasteiger partial charge in [-0.3, -0.25) is 0 Å². The van der Waals surface area contributed by atoms with E-state index >= 15 is 0 Å². The summed E-state index contributed by atoms with van der Waals surface area (Å²) in [6, 6.07) is 4.90. The molecule has 0 atom stereocenters. The van der Waals surface area contributed by atoms with Gasteiger partial charge in [0.15, 0.2) is 0 Å². The first-order chi connectivity index (χ1) is 10.5. The minimum Gasteiger partial charge on any atom is -0.405 e. The highest BCUT2D eigenvalue weighted by Gasteiger charge is 2.38. The molecule has 1 nitrogen and oxygen atoms in total. The third-order valence-corrected chi connectivity index (χ3v) is 2.75. The molecule has 0 saturated heterocycles. The molecule has 0 N–H and O–H groups in total. The van der Waals surface area contributed by atoms with Crippen molar-refractivity contribution in [1.29, 1.82) is 0 Å². The van der Waals surface area contributed by atoms with Crippen molar-refractivity contribution in [3.05, 3.63) is 53.6 Å². The fourth-order valence-electron chi connectivity index (χ4n) is 1.92. The van der Waals surface area contributed by atoms with E-state index in [0.29, 0.717) is 12.1 Å². The third-order valence-electron chi connectivity index (χ3n) is 2.75. The molecule has 0 saturated carbocycles. The van der Waals surface area contributed by atoms with E-state index in [2.05, 4.69) is 4.74 Å². The Labute approximate surface area is 124 Å². The Hall–Kier alpha value is -2.32. The Balaban J connectivity index is 2.57. The first-order valence-electron chi connectivity index (χ1n) is 5.90. The molecule has 0 bridgehead atoms. The second kappa shape index (κ2) is 5.71. The Morgan fingerprint density at radius 2 is 1.30 bits per heavy atom. The summed E-state index contributed by atoms with van der Waals surface area (Å²) in [6.07, 6.45) is -10.3. The first kappa shape index (κ1) is 17.0. The van der Waals surface area contributed by atoms with Crippen LogP contribution in [0.1, 0.15) is 5.56 Å². The lowest BCUT2D eigenvalue weighted by Gasteiger charge is -2.15. The van der Waals surface area contributed by atoms with Crippen LogP contribution in [0.25, 0.3) is 11.1 Å². The third kappa shape index (κ3) is 3.91. The normalized spacial score (nSPS) is 12.3. The summed E-state index contributed by atoms with van der Waals surface area (Å²) in [6.45, 7) is 0. The molecule has 9 heteroatoms. The van der Waals surface area contributed by atoms with E-state index in [-0.39, 0.29) is 0 Å². The lowest BCUT2D eigenvalue weighted by atomic mass is 10.0. The minimum absolute atomic E-state index is 0.296. The second-order valence-corrected chi connectivity index (χ2v) is 4.36. The van der Waals surface area contributed by atoms with Gasteiger partial charge in [-0.25, -0.2) is 8.78 Å². The Morgan fingerprint density at radius 3 is 1.78 bits per heavy atom. The molecule has 0 aromatic heterocycles. The van der Waals surface area contributed by atoms with Crippen molar-refractivity contribution < 1.29 is 39.9 Å². The standard InChI is InChI=1S/C14H6F8O/c15-9-5-7(6-10(16)12(9)13(17,18)19)8-3-1-2-4-11(8)23-14(20,21)22/h1-6H. The molecular formula is C14H6F8O. The van der Waals surface area contributed by atoms with Crippen LogP contribution in [0.2, 0.25) is 0 Å². The average molecular weight is 342 g/mol. The van der Waals surface area contributed by atoms with Crippen molar-refractivity contribution >= 4 is 0 Å². The fraction of sp³-hybridized carbons (Fsp3) is 0.143. The summed E-state index contributed by atoms with van der Waals surface area (Å²) in [5.74, 6) is -4.66. The van der Waals surface area contributed by atoms with E-state index in [1.165, 1.54) is 12.1 Å². The van der Waals surface area contributed by atoms with Crippen LogP contribution in [0.3, 0.4) is 0 Å². The zero-order chi connectivity index (χ0) is 17.4. The van der Waals surface area contributed by atoms with Gasteiger partial charge in [0, 0.05) is 5.56 Å². The summed E-state index contributed by atoms with van der Waals surface area (Å²) in [5.41, 5.74) is -3.04. The van der Waals surface area contributed by atoms with Crippen LogP contribution in [-0.4, -0.2) is 6.36 Å². The van der Waals surface area contributed by atoms with Crippen molar-refractivity contribution in [3.8, 4) is 16.9 Å². The van der Waals surface area contributed by atoms with Crippen LogP contribution in [0.15, 0.2) is 36.4 Å². The van der Waals surface area contributed by atoms with Gasteiger partial charge in [0.25, 0.3) is 0 Å². The number of alkyl halides is 6. The van der Waals surface area contributed by atoms with Crippen molar-refractivity contribution in [1.82, 2.24) is 0 Å². The van der Waals surface area contributed by atoms with Crippen molar-refractivity contribution in [2.24, 2.45) is 0 Å². The van der Waals surface area contributed by atoms with Gasteiger partial charge in [0.1, 0.15) is 22.9 Å². The lowest BCUT2D eigenvalue weighted by molar-refractivity contribution is -0.274. The monoisotopic (exact) mass is 342 g/mol. The molecule has 2 aromatic rings. The van der Waals surface area contributed by atoms with Crippen LogP contribution >= 0.6 is 0 Å². The molecule has 2 aromatic carbocycles. The van der Waals surface area contributed by atoms with Crippen molar-refractivity contribution in [2.45, 2.75) is 12.5 Å². The molecule has 0 radical (unpaired) electrons. The second-order valence-electron chi connectivity index (χ2n) is 4.36. The maximum atomic E-state index is 13.5. The molecule has 0 amide bonds. The molecule has 124 valence electrons. The van der Waals surface area contributed by atoms with Gasteiger partial charge in [-0.2, -0.15) is 13.2 Å². The highest BCUT2D eigenvalue weighted by atomic mass is 19.4. The molecule has 0 aliphatic rings. The molecule has 0 aliphatic carbocycles. The maximum Gasteiger partial charge on any atom is 0.573 e. The Kier molecular flexibility index (Phi) is 4.23. The summed E-state index contributed by atoms with van der Waals surface area (Å²) >= 11 is 0. The molecule has 0 spiro atoms. The quantitative estimate of drug-likeness (QED) is 0.650.